The van der Waals surface area contributed by atoms with Gasteiger partial charge in [-0.1, -0.05) is 27.2 Å². The van der Waals surface area contributed by atoms with Crippen molar-refractivity contribution in [3.05, 3.63) is 0 Å². The minimum atomic E-state index is -0.462. The summed E-state index contributed by atoms with van der Waals surface area (Å²) >= 11 is 0. The zero-order chi connectivity index (χ0) is 11.8. The van der Waals surface area contributed by atoms with Gasteiger partial charge in [0.05, 0.1) is 18.7 Å². The predicted molar refractivity (Wildman–Crippen MR) is 61.4 cm³/mol. The van der Waals surface area contributed by atoms with Crippen LogP contribution in [0.3, 0.4) is 0 Å². The highest BCUT2D eigenvalue weighted by Crippen LogP contribution is 2.03. The summed E-state index contributed by atoms with van der Waals surface area (Å²) in [5.41, 5.74) is 5.72. The fourth-order valence-electron chi connectivity index (χ4n) is 1.48. The fraction of sp³-hybridized carbons (Fsp3) is 0.909. The Morgan fingerprint density at radius 2 is 2.07 bits per heavy atom. The topological polar surface area (TPSA) is 75.3 Å². The van der Waals surface area contributed by atoms with E-state index in [2.05, 4.69) is 5.32 Å². The first-order valence-corrected chi connectivity index (χ1v) is 5.68. The van der Waals surface area contributed by atoms with Gasteiger partial charge >= 0.3 is 0 Å². The smallest absolute Gasteiger partial charge is 0.237 e. The second kappa shape index (κ2) is 7.65. The van der Waals surface area contributed by atoms with E-state index in [9.17, 15) is 4.79 Å². The van der Waals surface area contributed by atoms with E-state index in [0.29, 0.717) is 12.3 Å². The van der Waals surface area contributed by atoms with E-state index in [1.54, 1.807) is 0 Å². The molecule has 0 saturated heterocycles. The van der Waals surface area contributed by atoms with Crippen molar-refractivity contribution >= 4 is 5.91 Å². The van der Waals surface area contributed by atoms with E-state index in [1.807, 2.05) is 20.8 Å². The Labute approximate surface area is 92.2 Å². The molecule has 0 aliphatic rings. The van der Waals surface area contributed by atoms with Gasteiger partial charge in [0, 0.05) is 0 Å². The average Bonchev–Trinajstić information content (AvgIpc) is 2.15. The molecule has 0 aliphatic heterocycles. The van der Waals surface area contributed by atoms with Crippen molar-refractivity contribution in [2.24, 2.45) is 11.7 Å². The van der Waals surface area contributed by atoms with Crippen molar-refractivity contribution in [3.8, 4) is 0 Å². The Morgan fingerprint density at radius 3 is 2.47 bits per heavy atom. The van der Waals surface area contributed by atoms with Gasteiger partial charge in [0.1, 0.15) is 0 Å². The van der Waals surface area contributed by atoms with Crippen LogP contribution >= 0.6 is 0 Å². The maximum atomic E-state index is 11.6. The summed E-state index contributed by atoms with van der Waals surface area (Å²) in [6, 6.07) is -0.614. The number of amides is 1. The standard InChI is InChI=1S/C11H24N2O2/c1-4-5-9(7-14)13-11(15)10(12)6-8(2)3/h8-10,14H,4-7,12H2,1-3H3,(H,13,15)/t9-,10-/m0/s1. The molecular weight excluding hydrogens is 192 g/mol. The molecule has 0 heterocycles. The molecule has 0 aromatic heterocycles. The fourth-order valence-corrected chi connectivity index (χ4v) is 1.48. The van der Waals surface area contributed by atoms with Crippen LogP contribution in [0.2, 0.25) is 0 Å². The molecule has 2 atom stereocenters. The molecule has 4 heteroatoms. The van der Waals surface area contributed by atoms with Crippen molar-refractivity contribution in [2.75, 3.05) is 6.61 Å². The average molecular weight is 216 g/mol. The Hall–Kier alpha value is -0.610. The highest BCUT2D eigenvalue weighted by atomic mass is 16.3. The van der Waals surface area contributed by atoms with Gasteiger partial charge < -0.3 is 16.2 Å². The quantitative estimate of drug-likeness (QED) is 0.584. The summed E-state index contributed by atoms with van der Waals surface area (Å²) < 4.78 is 0. The van der Waals surface area contributed by atoms with Gasteiger partial charge in [0.2, 0.25) is 5.91 Å². The number of aliphatic hydroxyl groups is 1. The lowest BCUT2D eigenvalue weighted by molar-refractivity contribution is -0.123. The molecule has 15 heavy (non-hydrogen) atoms. The van der Waals surface area contributed by atoms with Crippen LogP contribution in [0.5, 0.6) is 0 Å². The highest BCUT2D eigenvalue weighted by Gasteiger charge is 2.17. The molecule has 0 fully saturated rings. The number of hydrogen-bond donors (Lipinski definition) is 3. The second-order valence-electron chi connectivity index (χ2n) is 4.41. The molecule has 1 amide bonds. The molecule has 0 aromatic rings. The maximum absolute atomic E-state index is 11.6. The highest BCUT2D eigenvalue weighted by molar-refractivity contribution is 5.81. The summed E-state index contributed by atoms with van der Waals surface area (Å²) in [5, 5.41) is 11.8. The first-order valence-electron chi connectivity index (χ1n) is 5.68. The Bertz CT molecular complexity index is 183. The first-order chi connectivity index (χ1) is 7.01. The molecule has 0 rings (SSSR count). The van der Waals surface area contributed by atoms with Gasteiger partial charge in [0.25, 0.3) is 0 Å². The molecule has 4 N–H and O–H groups in total. The summed E-state index contributed by atoms with van der Waals surface area (Å²) in [7, 11) is 0. The Balaban J connectivity index is 3.98. The molecule has 0 saturated carbocycles. The normalized spacial score (nSPS) is 15.1. The van der Waals surface area contributed by atoms with Crippen LogP contribution in [-0.2, 0) is 4.79 Å². The minimum Gasteiger partial charge on any atom is -0.394 e. The van der Waals surface area contributed by atoms with Gasteiger partial charge in [0.15, 0.2) is 0 Å². The van der Waals surface area contributed by atoms with Crippen LogP contribution in [0.25, 0.3) is 0 Å². The van der Waals surface area contributed by atoms with Crippen LogP contribution in [0.1, 0.15) is 40.0 Å². The third-order valence-corrected chi connectivity index (χ3v) is 2.27. The van der Waals surface area contributed by atoms with Crippen LogP contribution in [0.4, 0.5) is 0 Å². The number of rotatable bonds is 7. The molecule has 0 bridgehead atoms. The van der Waals surface area contributed by atoms with E-state index in [4.69, 9.17) is 10.8 Å². The van der Waals surface area contributed by atoms with Crippen LogP contribution in [0.15, 0.2) is 0 Å². The van der Waals surface area contributed by atoms with Crippen molar-refractivity contribution < 1.29 is 9.90 Å². The van der Waals surface area contributed by atoms with Crippen molar-refractivity contribution in [2.45, 2.75) is 52.1 Å². The van der Waals surface area contributed by atoms with Gasteiger partial charge in [-0.3, -0.25) is 4.79 Å². The maximum Gasteiger partial charge on any atom is 0.237 e. The summed E-state index contributed by atoms with van der Waals surface area (Å²) in [6.07, 6.45) is 2.40. The molecule has 4 nitrogen and oxygen atoms in total. The number of carbonyl (C=O) groups excluding carboxylic acids is 1. The first kappa shape index (κ1) is 14.4. The summed E-state index contributed by atoms with van der Waals surface area (Å²) in [4.78, 5) is 11.6. The summed E-state index contributed by atoms with van der Waals surface area (Å²) in [5.74, 6) is 0.251. The molecule has 0 spiro atoms. The largest absolute Gasteiger partial charge is 0.394 e. The summed E-state index contributed by atoms with van der Waals surface area (Å²) in [6.45, 7) is 6.06. The lowest BCUT2D eigenvalue weighted by Crippen LogP contribution is -2.47. The van der Waals surface area contributed by atoms with Crippen LogP contribution < -0.4 is 11.1 Å². The third kappa shape index (κ3) is 6.47. The van der Waals surface area contributed by atoms with Crippen molar-refractivity contribution in [1.29, 1.82) is 0 Å². The number of carbonyl (C=O) groups is 1. The van der Waals surface area contributed by atoms with Gasteiger partial charge in [-0.2, -0.15) is 0 Å². The van der Waals surface area contributed by atoms with Crippen LogP contribution in [0, 0.1) is 5.92 Å². The zero-order valence-electron chi connectivity index (χ0n) is 9.99. The molecule has 90 valence electrons. The van der Waals surface area contributed by atoms with E-state index < -0.39 is 6.04 Å². The number of nitrogens with one attached hydrogen (secondary N) is 1. The minimum absolute atomic E-state index is 0.0199. The van der Waals surface area contributed by atoms with Gasteiger partial charge in [-0.25, -0.2) is 0 Å². The molecule has 0 radical (unpaired) electrons. The predicted octanol–water partition coefficient (Wildman–Crippen LogP) is 0.637. The monoisotopic (exact) mass is 216 g/mol. The number of aliphatic hydroxyl groups excluding tert-OH is 1. The zero-order valence-corrected chi connectivity index (χ0v) is 9.99. The van der Waals surface area contributed by atoms with Gasteiger partial charge in [-0.15, -0.1) is 0 Å². The molecule has 0 aromatic carbocycles. The van der Waals surface area contributed by atoms with Crippen molar-refractivity contribution in [3.63, 3.8) is 0 Å². The Morgan fingerprint density at radius 1 is 1.47 bits per heavy atom. The third-order valence-electron chi connectivity index (χ3n) is 2.27. The van der Waals surface area contributed by atoms with Crippen LogP contribution in [-0.4, -0.2) is 29.7 Å². The van der Waals surface area contributed by atoms with E-state index in [0.717, 1.165) is 12.8 Å². The lowest BCUT2D eigenvalue weighted by atomic mass is 10.0. The van der Waals surface area contributed by atoms with E-state index >= 15 is 0 Å². The van der Waals surface area contributed by atoms with E-state index in [-0.39, 0.29) is 18.6 Å². The lowest BCUT2D eigenvalue weighted by Gasteiger charge is -2.19. The van der Waals surface area contributed by atoms with Gasteiger partial charge in [-0.05, 0) is 18.8 Å². The SMILES string of the molecule is CCC[C@@H](CO)NC(=O)[C@@H](N)CC(C)C. The van der Waals surface area contributed by atoms with Crippen molar-refractivity contribution in [1.82, 2.24) is 5.32 Å². The Kier molecular flexibility index (Phi) is 7.34. The number of nitrogens with two attached hydrogens (primary N) is 1. The molecule has 0 unspecified atom stereocenters. The van der Waals surface area contributed by atoms with E-state index in [1.165, 1.54) is 0 Å². The second-order valence-corrected chi connectivity index (χ2v) is 4.41. The number of hydrogen-bond acceptors (Lipinski definition) is 3. The molecular formula is C11H24N2O2. The molecule has 0 aliphatic carbocycles.